The van der Waals surface area contributed by atoms with Crippen molar-refractivity contribution in [1.82, 2.24) is 14.7 Å². The number of amides is 2. The highest BCUT2D eigenvalue weighted by Gasteiger charge is 2.36. The average molecular weight is 463 g/mol. The van der Waals surface area contributed by atoms with Crippen LogP contribution in [0, 0.1) is 18.3 Å². The third-order valence-corrected chi connectivity index (χ3v) is 7.64. The molecule has 1 atom stereocenters. The molecule has 0 bridgehead atoms. The van der Waals surface area contributed by atoms with Crippen LogP contribution in [-0.4, -0.2) is 83.1 Å². The van der Waals surface area contributed by atoms with Gasteiger partial charge in [-0.1, -0.05) is 6.08 Å². The molecule has 180 valence electrons. The van der Waals surface area contributed by atoms with E-state index >= 15 is 0 Å². The number of carbonyl (C=O) groups excluding carboxylic acids is 1. The summed E-state index contributed by atoms with van der Waals surface area (Å²) in [5.41, 5.74) is 4.17. The number of piperidine rings is 1. The topological polar surface area (TPSA) is 86.4 Å². The number of carbonyl (C=O) groups is 1. The Morgan fingerprint density at radius 3 is 2.50 bits per heavy atom. The van der Waals surface area contributed by atoms with Crippen LogP contribution in [0.15, 0.2) is 34.9 Å². The summed E-state index contributed by atoms with van der Waals surface area (Å²) in [5.74, 6) is 1.09. The zero-order chi connectivity index (χ0) is 23.7. The largest absolute Gasteiger partial charge is 0.393 e. The van der Waals surface area contributed by atoms with Crippen molar-refractivity contribution < 1.29 is 9.90 Å². The van der Waals surface area contributed by atoms with Crippen LogP contribution < -0.4 is 5.01 Å². The van der Waals surface area contributed by atoms with Crippen LogP contribution in [0.4, 0.5) is 10.5 Å². The summed E-state index contributed by atoms with van der Waals surface area (Å²) in [6.45, 7) is 6.22. The van der Waals surface area contributed by atoms with Crippen molar-refractivity contribution in [2.45, 2.75) is 57.6 Å². The number of allylic oxidation sites excluding steroid dienone is 1. The lowest BCUT2D eigenvalue weighted by atomic mass is 10.0. The first-order chi connectivity index (χ1) is 16.5. The number of hydrogen-bond donors (Lipinski definition) is 1. The number of amidine groups is 1. The number of hydrogen-bond acceptors (Lipinski definition) is 6. The Bertz CT molecular complexity index is 1030. The molecular weight excluding hydrogens is 428 g/mol. The fraction of sp³-hybridized carbons (Fsp3) is 0.577. The number of piperazine rings is 1. The summed E-state index contributed by atoms with van der Waals surface area (Å²) in [7, 11) is 0. The molecule has 0 spiro atoms. The SMILES string of the molecule is Cc1cc(N2N=C(N3CCN(C(=O)N4CCC(O)CC4)CC3)CC2C2=CCCC2)ccc1C#N. The summed E-state index contributed by atoms with van der Waals surface area (Å²) < 4.78 is 0. The summed E-state index contributed by atoms with van der Waals surface area (Å²) >= 11 is 0. The highest BCUT2D eigenvalue weighted by molar-refractivity contribution is 5.88. The first kappa shape index (κ1) is 22.7. The maximum atomic E-state index is 12.9. The highest BCUT2D eigenvalue weighted by Crippen LogP contribution is 2.35. The Morgan fingerprint density at radius 2 is 1.85 bits per heavy atom. The van der Waals surface area contributed by atoms with Gasteiger partial charge < -0.3 is 19.8 Å². The zero-order valence-electron chi connectivity index (χ0n) is 20.0. The summed E-state index contributed by atoms with van der Waals surface area (Å²) in [4.78, 5) is 19.1. The Hall–Kier alpha value is -3.05. The van der Waals surface area contributed by atoms with Gasteiger partial charge in [0.05, 0.1) is 29.5 Å². The second kappa shape index (κ2) is 9.67. The number of benzene rings is 1. The Labute approximate surface area is 201 Å². The van der Waals surface area contributed by atoms with Crippen LogP contribution in [-0.2, 0) is 0 Å². The Balaban J connectivity index is 1.28. The van der Waals surface area contributed by atoms with E-state index in [1.54, 1.807) is 0 Å². The van der Waals surface area contributed by atoms with Crippen molar-refractivity contribution in [3.63, 3.8) is 0 Å². The van der Waals surface area contributed by atoms with E-state index in [1.165, 1.54) is 12.0 Å². The lowest BCUT2D eigenvalue weighted by Gasteiger charge is -2.39. The number of aliphatic hydroxyl groups excluding tert-OH is 1. The van der Waals surface area contributed by atoms with Gasteiger partial charge in [-0.25, -0.2) is 4.79 Å². The van der Waals surface area contributed by atoms with Gasteiger partial charge in [-0.15, -0.1) is 0 Å². The van der Waals surface area contributed by atoms with Crippen molar-refractivity contribution in [3.05, 3.63) is 41.0 Å². The van der Waals surface area contributed by atoms with Gasteiger partial charge >= 0.3 is 6.03 Å². The molecule has 2 saturated heterocycles. The Kier molecular flexibility index (Phi) is 6.46. The average Bonchev–Trinajstić information content (AvgIpc) is 3.54. The molecule has 8 heteroatoms. The fourth-order valence-electron chi connectivity index (χ4n) is 5.54. The smallest absolute Gasteiger partial charge is 0.320 e. The van der Waals surface area contributed by atoms with E-state index in [-0.39, 0.29) is 18.2 Å². The normalized spacial score (nSPS) is 23.7. The van der Waals surface area contributed by atoms with Gasteiger partial charge in [0, 0.05) is 45.7 Å². The molecule has 4 aliphatic rings. The van der Waals surface area contributed by atoms with Crippen molar-refractivity contribution in [1.29, 1.82) is 5.26 Å². The third-order valence-electron chi connectivity index (χ3n) is 7.64. The first-order valence-electron chi connectivity index (χ1n) is 12.6. The minimum absolute atomic E-state index is 0.101. The number of nitriles is 1. The number of nitrogens with zero attached hydrogens (tertiary/aromatic N) is 6. The molecule has 2 amide bonds. The monoisotopic (exact) mass is 462 g/mol. The molecule has 1 aromatic rings. The van der Waals surface area contributed by atoms with E-state index in [1.807, 2.05) is 28.9 Å². The molecule has 34 heavy (non-hydrogen) atoms. The van der Waals surface area contributed by atoms with E-state index in [0.717, 1.165) is 49.4 Å². The molecule has 2 fully saturated rings. The summed E-state index contributed by atoms with van der Waals surface area (Å²) in [6, 6.07) is 8.55. The van der Waals surface area contributed by atoms with Crippen molar-refractivity contribution in [3.8, 4) is 6.07 Å². The maximum absolute atomic E-state index is 12.9. The fourth-order valence-corrected chi connectivity index (χ4v) is 5.54. The number of rotatable bonds is 2. The number of likely N-dealkylation sites (tertiary alicyclic amines) is 1. The molecule has 1 unspecified atom stereocenters. The van der Waals surface area contributed by atoms with Gasteiger partial charge in [0.1, 0.15) is 5.84 Å². The third kappa shape index (κ3) is 4.49. The number of urea groups is 1. The molecule has 1 aliphatic carbocycles. The Morgan fingerprint density at radius 1 is 1.12 bits per heavy atom. The van der Waals surface area contributed by atoms with Crippen LogP contribution >= 0.6 is 0 Å². The quantitative estimate of drug-likeness (QED) is 0.683. The predicted octanol–water partition coefficient (Wildman–Crippen LogP) is 3.06. The van der Waals surface area contributed by atoms with Crippen LogP contribution in [0.25, 0.3) is 0 Å². The number of anilines is 1. The molecule has 1 aromatic carbocycles. The highest BCUT2D eigenvalue weighted by atomic mass is 16.3. The van der Waals surface area contributed by atoms with Crippen molar-refractivity contribution in [2.75, 3.05) is 44.3 Å². The predicted molar refractivity (Wildman–Crippen MR) is 132 cm³/mol. The zero-order valence-corrected chi connectivity index (χ0v) is 20.0. The first-order valence-corrected chi connectivity index (χ1v) is 12.6. The summed E-state index contributed by atoms with van der Waals surface area (Å²) in [5, 5.41) is 26.3. The van der Waals surface area contributed by atoms with E-state index in [9.17, 15) is 15.2 Å². The molecule has 8 nitrogen and oxygen atoms in total. The molecule has 1 N–H and O–H groups in total. The van der Waals surface area contributed by atoms with Crippen LogP contribution in [0.5, 0.6) is 0 Å². The molecule has 3 heterocycles. The van der Waals surface area contributed by atoms with E-state index < -0.39 is 0 Å². The molecule has 0 aromatic heterocycles. The molecule has 3 aliphatic heterocycles. The van der Waals surface area contributed by atoms with Gasteiger partial charge in [-0.2, -0.15) is 10.4 Å². The van der Waals surface area contributed by atoms with E-state index in [4.69, 9.17) is 5.10 Å². The van der Waals surface area contributed by atoms with Crippen LogP contribution in [0.1, 0.15) is 49.7 Å². The number of hydrazone groups is 1. The second-order valence-electron chi connectivity index (χ2n) is 9.84. The van der Waals surface area contributed by atoms with E-state index in [2.05, 4.69) is 28.1 Å². The summed E-state index contributed by atoms with van der Waals surface area (Å²) in [6.07, 6.45) is 7.78. The van der Waals surface area contributed by atoms with E-state index in [0.29, 0.717) is 44.6 Å². The van der Waals surface area contributed by atoms with Crippen LogP contribution in [0.3, 0.4) is 0 Å². The van der Waals surface area contributed by atoms with Crippen molar-refractivity contribution >= 4 is 17.6 Å². The van der Waals surface area contributed by atoms with Gasteiger partial charge in [0.15, 0.2) is 0 Å². The van der Waals surface area contributed by atoms with Gasteiger partial charge in [0.2, 0.25) is 0 Å². The minimum atomic E-state index is -0.271. The molecular formula is C26H34N6O2. The minimum Gasteiger partial charge on any atom is -0.393 e. The van der Waals surface area contributed by atoms with Crippen LogP contribution in [0.2, 0.25) is 0 Å². The lowest BCUT2D eigenvalue weighted by molar-refractivity contribution is 0.0759. The number of aliphatic hydroxyl groups is 1. The van der Waals surface area contributed by atoms with Crippen molar-refractivity contribution in [2.24, 2.45) is 5.10 Å². The standard InChI is InChI=1S/C26H34N6O2/c1-19-16-22(7-6-21(19)18-27)32-24(20-4-2-3-5-20)17-25(28-32)29-12-14-31(15-13-29)26(34)30-10-8-23(33)9-11-30/h4,6-7,16,23-24,33H,2-3,5,8-15,17H2,1H3. The molecule has 5 rings (SSSR count). The molecule has 0 saturated carbocycles. The van der Waals surface area contributed by atoms with Gasteiger partial charge in [0.25, 0.3) is 0 Å². The maximum Gasteiger partial charge on any atom is 0.320 e. The number of aryl methyl sites for hydroxylation is 1. The van der Waals surface area contributed by atoms with Gasteiger partial charge in [-0.3, -0.25) is 5.01 Å². The molecule has 0 radical (unpaired) electrons. The van der Waals surface area contributed by atoms with Gasteiger partial charge in [-0.05, 0) is 68.4 Å². The lowest BCUT2D eigenvalue weighted by Crippen LogP contribution is -2.55. The second-order valence-corrected chi connectivity index (χ2v) is 9.84.